The molecule has 1 aliphatic heterocycles. The molecule has 0 spiro atoms. The van der Waals surface area contributed by atoms with E-state index in [2.05, 4.69) is 15.5 Å². The van der Waals surface area contributed by atoms with Gasteiger partial charge in [0.25, 0.3) is 0 Å². The molecule has 0 aliphatic carbocycles. The van der Waals surface area contributed by atoms with Crippen molar-refractivity contribution in [2.75, 3.05) is 13.6 Å². The van der Waals surface area contributed by atoms with Crippen molar-refractivity contribution in [2.24, 2.45) is 0 Å². The van der Waals surface area contributed by atoms with E-state index in [0.717, 1.165) is 17.0 Å². The molecule has 7 heteroatoms. The molecular formula is C12H14N4O2S. The molecule has 1 amide bonds. The van der Waals surface area contributed by atoms with E-state index in [1.165, 1.54) is 11.3 Å². The molecule has 0 saturated carbocycles. The van der Waals surface area contributed by atoms with E-state index in [1.54, 1.807) is 29.7 Å². The van der Waals surface area contributed by atoms with Gasteiger partial charge in [-0.15, -0.1) is 11.3 Å². The fourth-order valence-corrected chi connectivity index (χ4v) is 3.21. The number of carbonyl (C=O) groups excluding carboxylic acids is 1. The number of likely N-dealkylation sites (N-methyl/N-ethyl adjacent to an activating group) is 1. The molecule has 0 saturated heterocycles. The summed E-state index contributed by atoms with van der Waals surface area (Å²) in [5, 5.41) is 6.74. The molecule has 3 rings (SSSR count). The van der Waals surface area contributed by atoms with Crippen molar-refractivity contribution in [3.05, 3.63) is 34.1 Å². The van der Waals surface area contributed by atoms with Gasteiger partial charge in [-0.3, -0.25) is 4.79 Å². The quantitative estimate of drug-likeness (QED) is 0.906. The Morgan fingerprint density at radius 3 is 3.26 bits per heavy atom. The number of hydrogen-bond acceptors (Lipinski definition) is 6. The lowest BCUT2D eigenvalue weighted by atomic mass is 10.2. The first-order valence-corrected chi connectivity index (χ1v) is 6.95. The van der Waals surface area contributed by atoms with E-state index in [0.29, 0.717) is 18.8 Å². The zero-order valence-corrected chi connectivity index (χ0v) is 11.3. The number of rotatable bonds is 3. The number of fused-ring (bicyclic) bond motifs is 1. The van der Waals surface area contributed by atoms with Gasteiger partial charge in [-0.1, -0.05) is 5.16 Å². The Balaban J connectivity index is 1.85. The molecule has 0 radical (unpaired) electrons. The van der Waals surface area contributed by atoms with Gasteiger partial charge in [0.15, 0.2) is 5.76 Å². The van der Waals surface area contributed by atoms with Crippen LogP contribution >= 0.6 is 11.3 Å². The summed E-state index contributed by atoms with van der Waals surface area (Å²) < 4.78 is 5.08. The van der Waals surface area contributed by atoms with Gasteiger partial charge in [0.05, 0.1) is 28.8 Å². The molecule has 1 atom stereocenters. The second kappa shape index (κ2) is 5.10. The maximum absolute atomic E-state index is 12.5. The van der Waals surface area contributed by atoms with Gasteiger partial charge in [-0.25, -0.2) is 4.98 Å². The second-order valence-corrected chi connectivity index (χ2v) is 5.26. The van der Waals surface area contributed by atoms with Crippen molar-refractivity contribution in [2.45, 2.75) is 19.0 Å². The highest BCUT2D eigenvalue weighted by Crippen LogP contribution is 2.28. The summed E-state index contributed by atoms with van der Waals surface area (Å²) in [6.07, 6.45) is 2.36. The molecule has 3 heterocycles. The van der Waals surface area contributed by atoms with E-state index in [4.69, 9.17) is 4.52 Å². The Morgan fingerprint density at radius 1 is 1.63 bits per heavy atom. The van der Waals surface area contributed by atoms with Crippen LogP contribution in [-0.2, 0) is 17.8 Å². The van der Waals surface area contributed by atoms with Crippen LogP contribution < -0.4 is 5.32 Å². The Hall–Kier alpha value is -1.73. The van der Waals surface area contributed by atoms with Crippen LogP contribution in [0.2, 0.25) is 0 Å². The monoisotopic (exact) mass is 278 g/mol. The SMILES string of the molecule is CNC1C(=O)N(Cc2ccno2)CCc2ncsc21. The second-order valence-electron chi connectivity index (χ2n) is 4.37. The molecule has 100 valence electrons. The molecule has 1 aliphatic rings. The van der Waals surface area contributed by atoms with E-state index in [-0.39, 0.29) is 11.9 Å². The van der Waals surface area contributed by atoms with Gasteiger partial charge in [0.1, 0.15) is 6.04 Å². The largest absolute Gasteiger partial charge is 0.360 e. The van der Waals surface area contributed by atoms with Gasteiger partial charge in [-0.2, -0.15) is 0 Å². The Labute approximate surface area is 114 Å². The van der Waals surface area contributed by atoms with Crippen molar-refractivity contribution >= 4 is 17.2 Å². The standard InChI is InChI=1S/C12H14N4O2S/c1-13-10-11-9(14-7-19-11)3-5-16(12(10)17)6-8-2-4-15-18-8/h2,4,7,10,13H,3,5-6H2,1H3. The minimum atomic E-state index is -0.312. The molecule has 1 N–H and O–H groups in total. The Morgan fingerprint density at radius 2 is 2.53 bits per heavy atom. The minimum absolute atomic E-state index is 0.0573. The topological polar surface area (TPSA) is 71.3 Å². The zero-order chi connectivity index (χ0) is 13.2. The smallest absolute Gasteiger partial charge is 0.245 e. The number of carbonyl (C=O) groups is 1. The maximum Gasteiger partial charge on any atom is 0.245 e. The Bertz CT molecular complexity index is 566. The lowest BCUT2D eigenvalue weighted by molar-refractivity contribution is -0.134. The predicted molar refractivity (Wildman–Crippen MR) is 69.5 cm³/mol. The summed E-state index contributed by atoms with van der Waals surface area (Å²) in [6, 6.07) is 1.47. The molecule has 2 aromatic heterocycles. The third-order valence-corrected chi connectivity index (χ3v) is 4.17. The Kier molecular flexibility index (Phi) is 3.31. The summed E-state index contributed by atoms with van der Waals surface area (Å²) in [5.41, 5.74) is 2.81. The van der Waals surface area contributed by atoms with Crippen molar-refractivity contribution in [1.29, 1.82) is 0 Å². The van der Waals surface area contributed by atoms with Crippen LogP contribution in [-0.4, -0.2) is 34.5 Å². The van der Waals surface area contributed by atoms with Crippen LogP contribution in [0, 0.1) is 0 Å². The van der Waals surface area contributed by atoms with Crippen molar-refractivity contribution in [3.8, 4) is 0 Å². The summed E-state index contributed by atoms with van der Waals surface area (Å²) in [4.78, 5) is 19.7. The van der Waals surface area contributed by atoms with Crippen LogP contribution in [0.5, 0.6) is 0 Å². The summed E-state index contributed by atoms with van der Waals surface area (Å²) in [5.74, 6) is 0.753. The highest BCUT2D eigenvalue weighted by atomic mass is 32.1. The molecule has 0 fully saturated rings. The molecule has 2 aromatic rings. The first-order valence-electron chi connectivity index (χ1n) is 6.07. The molecular weight excluding hydrogens is 264 g/mol. The minimum Gasteiger partial charge on any atom is -0.360 e. The third kappa shape index (κ3) is 2.26. The molecule has 0 aromatic carbocycles. The summed E-state index contributed by atoms with van der Waals surface area (Å²) in [6.45, 7) is 1.10. The van der Waals surface area contributed by atoms with Crippen molar-refractivity contribution in [3.63, 3.8) is 0 Å². The number of hydrogen-bond donors (Lipinski definition) is 1. The van der Waals surface area contributed by atoms with Gasteiger partial charge >= 0.3 is 0 Å². The molecule has 0 bridgehead atoms. The fraction of sp³-hybridized carbons (Fsp3) is 0.417. The lowest BCUT2D eigenvalue weighted by Crippen LogP contribution is -2.38. The molecule has 19 heavy (non-hydrogen) atoms. The number of thiazole rings is 1. The van der Waals surface area contributed by atoms with Crippen LogP contribution in [0.25, 0.3) is 0 Å². The molecule has 6 nitrogen and oxygen atoms in total. The van der Waals surface area contributed by atoms with E-state index < -0.39 is 0 Å². The average Bonchev–Trinajstić information content (AvgIpc) is 3.04. The van der Waals surface area contributed by atoms with Crippen molar-refractivity contribution < 1.29 is 9.32 Å². The van der Waals surface area contributed by atoms with Crippen molar-refractivity contribution in [1.82, 2.24) is 20.4 Å². The van der Waals surface area contributed by atoms with Crippen LogP contribution in [0.4, 0.5) is 0 Å². The first-order chi connectivity index (χ1) is 9.29. The lowest BCUT2D eigenvalue weighted by Gasteiger charge is -2.22. The first kappa shape index (κ1) is 12.3. The summed E-state index contributed by atoms with van der Waals surface area (Å²) >= 11 is 1.53. The molecule has 1 unspecified atom stereocenters. The predicted octanol–water partition coefficient (Wildman–Crippen LogP) is 0.976. The highest BCUT2D eigenvalue weighted by molar-refractivity contribution is 7.10. The van der Waals surface area contributed by atoms with Gasteiger partial charge in [0, 0.05) is 19.0 Å². The number of aromatic nitrogens is 2. The zero-order valence-electron chi connectivity index (χ0n) is 10.5. The normalized spacial score (nSPS) is 19.3. The number of nitrogens with zero attached hydrogens (tertiary/aromatic N) is 3. The highest BCUT2D eigenvalue weighted by Gasteiger charge is 2.31. The van der Waals surface area contributed by atoms with Crippen LogP contribution in [0.15, 0.2) is 22.3 Å². The van der Waals surface area contributed by atoms with Gasteiger partial charge < -0.3 is 14.7 Å². The van der Waals surface area contributed by atoms with Crippen LogP contribution in [0.3, 0.4) is 0 Å². The van der Waals surface area contributed by atoms with E-state index in [9.17, 15) is 4.79 Å². The number of nitrogens with one attached hydrogen (secondary N) is 1. The maximum atomic E-state index is 12.5. The average molecular weight is 278 g/mol. The van der Waals surface area contributed by atoms with E-state index >= 15 is 0 Å². The summed E-state index contributed by atoms with van der Waals surface area (Å²) in [7, 11) is 1.80. The van der Waals surface area contributed by atoms with Gasteiger partial charge in [-0.05, 0) is 7.05 Å². The van der Waals surface area contributed by atoms with E-state index in [1.807, 2.05) is 0 Å². The third-order valence-electron chi connectivity index (χ3n) is 3.24. The van der Waals surface area contributed by atoms with Crippen LogP contribution in [0.1, 0.15) is 22.4 Å². The van der Waals surface area contributed by atoms with Gasteiger partial charge in [0.2, 0.25) is 5.91 Å². The number of amides is 1. The fourth-order valence-electron chi connectivity index (χ4n) is 2.27.